The summed E-state index contributed by atoms with van der Waals surface area (Å²) in [6.45, 7) is 2.32. The van der Waals surface area contributed by atoms with Gasteiger partial charge in [0.25, 0.3) is 0 Å². The third-order valence-corrected chi connectivity index (χ3v) is 4.88. The normalized spacial score (nSPS) is 18.3. The van der Waals surface area contributed by atoms with Gasteiger partial charge in [-0.15, -0.1) is 0 Å². The third-order valence-electron chi connectivity index (χ3n) is 4.88. The molecule has 1 aromatic heterocycles. The number of piperidine rings is 1. The van der Waals surface area contributed by atoms with Crippen LogP contribution in [-0.2, 0) is 6.54 Å². The highest BCUT2D eigenvalue weighted by molar-refractivity contribution is 5.72. The molecule has 6 heteroatoms. The van der Waals surface area contributed by atoms with Crippen LogP contribution in [0.1, 0.15) is 30.2 Å². The molecule has 136 valence electrons. The van der Waals surface area contributed by atoms with Crippen LogP contribution in [0.4, 0.5) is 4.39 Å². The average Bonchev–Trinajstić information content (AvgIpc) is 3.09. The molecular formula is C20H21FN2O3. The molecule has 0 unspecified atom stereocenters. The summed E-state index contributed by atoms with van der Waals surface area (Å²) in [6, 6.07) is 10.8. The second kappa shape index (κ2) is 6.96. The minimum absolute atomic E-state index is 0.160. The van der Waals surface area contributed by atoms with E-state index in [2.05, 4.69) is 9.88 Å². The van der Waals surface area contributed by atoms with Crippen molar-refractivity contribution in [3.63, 3.8) is 0 Å². The van der Waals surface area contributed by atoms with Gasteiger partial charge in [-0.05, 0) is 49.2 Å². The Kier molecular flexibility index (Phi) is 4.51. The van der Waals surface area contributed by atoms with Crippen LogP contribution in [0.2, 0.25) is 0 Å². The summed E-state index contributed by atoms with van der Waals surface area (Å²) in [7, 11) is 1.42. The molecule has 26 heavy (non-hydrogen) atoms. The Morgan fingerprint density at radius 1 is 1.35 bits per heavy atom. The van der Waals surface area contributed by atoms with Gasteiger partial charge in [0.2, 0.25) is 0 Å². The standard InChI is InChI=1S/C20H21FN2O3/c1-25-18-10-13(9-15(21)19(18)24)11-23-8-4-5-14(12-23)20-22-16-6-2-3-7-17(16)26-20/h2-3,6-7,9-10,14,24H,4-5,8,11-12H2,1H3/t14-/m0/s1. The Morgan fingerprint density at radius 3 is 3.00 bits per heavy atom. The summed E-state index contributed by atoms with van der Waals surface area (Å²) in [6.07, 6.45) is 2.05. The number of phenolic OH excluding ortho intramolecular Hbond substituents is 1. The number of phenols is 1. The van der Waals surface area contributed by atoms with Crippen molar-refractivity contribution in [1.82, 2.24) is 9.88 Å². The van der Waals surface area contributed by atoms with Crippen molar-refractivity contribution in [2.75, 3.05) is 20.2 Å². The molecular weight excluding hydrogens is 335 g/mol. The summed E-state index contributed by atoms with van der Waals surface area (Å²) in [5, 5.41) is 9.65. The van der Waals surface area contributed by atoms with E-state index in [1.54, 1.807) is 6.07 Å². The Balaban J connectivity index is 1.51. The van der Waals surface area contributed by atoms with E-state index in [-0.39, 0.29) is 11.7 Å². The number of ether oxygens (including phenoxy) is 1. The zero-order valence-corrected chi connectivity index (χ0v) is 14.6. The predicted octanol–water partition coefficient (Wildman–Crippen LogP) is 4.06. The molecule has 1 saturated heterocycles. The smallest absolute Gasteiger partial charge is 0.199 e. The number of methoxy groups -OCH3 is 1. The van der Waals surface area contributed by atoms with E-state index in [0.29, 0.717) is 6.54 Å². The maximum absolute atomic E-state index is 13.9. The monoisotopic (exact) mass is 356 g/mol. The zero-order valence-electron chi connectivity index (χ0n) is 14.6. The summed E-state index contributed by atoms with van der Waals surface area (Å²) >= 11 is 0. The Morgan fingerprint density at radius 2 is 2.19 bits per heavy atom. The number of nitrogens with zero attached hydrogens (tertiary/aromatic N) is 2. The fraction of sp³-hybridized carbons (Fsp3) is 0.350. The maximum atomic E-state index is 13.9. The van der Waals surface area contributed by atoms with E-state index in [1.165, 1.54) is 13.2 Å². The van der Waals surface area contributed by atoms with Gasteiger partial charge in [-0.1, -0.05) is 12.1 Å². The quantitative estimate of drug-likeness (QED) is 0.764. The summed E-state index contributed by atoms with van der Waals surface area (Å²) in [4.78, 5) is 6.88. The molecule has 1 atom stereocenters. The van der Waals surface area contributed by atoms with Gasteiger partial charge in [0.15, 0.2) is 28.8 Å². The maximum Gasteiger partial charge on any atom is 0.199 e. The zero-order chi connectivity index (χ0) is 18.1. The summed E-state index contributed by atoms with van der Waals surface area (Å²) in [5.41, 5.74) is 2.46. The van der Waals surface area contributed by atoms with Gasteiger partial charge in [0.1, 0.15) is 5.52 Å². The lowest BCUT2D eigenvalue weighted by Gasteiger charge is -2.31. The molecule has 0 saturated carbocycles. The van der Waals surface area contributed by atoms with Crippen LogP contribution in [-0.4, -0.2) is 35.2 Å². The highest BCUT2D eigenvalue weighted by Crippen LogP contribution is 2.33. The van der Waals surface area contributed by atoms with Gasteiger partial charge >= 0.3 is 0 Å². The summed E-state index contributed by atoms with van der Waals surface area (Å²) < 4.78 is 24.8. The van der Waals surface area contributed by atoms with Crippen LogP contribution in [0.25, 0.3) is 11.1 Å². The number of aromatic hydroxyl groups is 1. The van der Waals surface area contributed by atoms with Crippen LogP contribution in [0.15, 0.2) is 40.8 Å². The van der Waals surface area contributed by atoms with E-state index < -0.39 is 11.6 Å². The van der Waals surface area contributed by atoms with E-state index in [4.69, 9.17) is 9.15 Å². The number of benzene rings is 2. The number of para-hydroxylation sites is 2. The molecule has 1 fully saturated rings. The average molecular weight is 356 g/mol. The number of hydrogen-bond donors (Lipinski definition) is 1. The number of fused-ring (bicyclic) bond motifs is 1. The van der Waals surface area contributed by atoms with E-state index in [0.717, 1.165) is 48.5 Å². The SMILES string of the molecule is COc1cc(CN2CCC[C@H](c3nc4ccccc4o3)C2)cc(F)c1O. The number of likely N-dealkylation sites (tertiary alicyclic amines) is 1. The van der Waals surface area contributed by atoms with Gasteiger partial charge in [-0.2, -0.15) is 0 Å². The van der Waals surface area contributed by atoms with E-state index in [1.807, 2.05) is 24.3 Å². The minimum atomic E-state index is -0.660. The molecule has 1 aliphatic heterocycles. The van der Waals surface area contributed by atoms with Crippen LogP contribution in [0.5, 0.6) is 11.5 Å². The first-order valence-corrected chi connectivity index (χ1v) is 8.77. The lowest BCUT2D eigenvalue weighted by Crippen LogP contribution is -2.34. The first-order chi connectivity index (χ1) is 12.6. The van der Waals surface area contributed by atoms with Crippen molar-refractivity contribution >= 4 is 11.1 Å². The third kappa shape index (κ3) is 3.24. The van der Waals surface area contributed by atoms with Crippen molar-refractivity contribution in [2.24, 2.45) is 0 Å². The fourth-order valence-electron chi connectivity index (χ4n) is 3.60. The second-order valence-electron chi connectivity index (χ2n) is 6.72. The molecule has 5 nitrogen and oxygen atoms in total. The minimum Gasteiger partial charge on any atom is -0.502 e. The van der Waals surface area contributed by atoms with Gasteiger partial charge in [-0.25, -0.2) is 9.37 Å². The molecule has 1 N–H and O–H groups in total. The van der Waals surface area contributed by atoms with Gasteiger partial charge in [0, 0.05) is 19.0 Å². The lowest BCUT2D eigenvalue weighted by atomic mass is 9.97. The molecule has 1 aliphatic rings. The van der Waals surface area contributed by atoms with E-state index >= 15 is 0 Å². The van der Waals surface area contributed by atoms with Crippen molar-refractivity contribution < 1.29 is 18.7 Å². The first-order valence-electron chi connectivity index (χ1n) is 8.77. The van der Waals surface area contributed by atoms with Crippen LogP contribution in [0.3, 0.4) is 0 Å². The molecule has 0 amide bonds. The Hall–Kier alpha value is -2.60. The number of aromatic nitrogens is 1. The van der Waals surface area contributed by atoms with Gasteiger partial charge < -0.3 is 14.3 Å². The van der Waals surface area contributed by atoms with Crippen molar-refractivity contribution in [3.8, 4) is 11.5 Å². The van der Waals surface area contributed by atoms with Crippen molar-refractivity contribution in [3.05, 3.63) is 53.7 Å². The van der Waals surface area contributed by atoms with Crippen LogP contribution >= 0.6 is 0 Å². The first kappa shape index (κ1) is 16.8. The van der Waals surface area contributed by atoms with Crippen LogP contribution < -0.4 is 4.74 Å². The highest BCUT2D eigenvalue weighted by atomic mass is 19.1. The fourth-order valence-corrected chi connectivity index (χ4v) is 3.60. The molecule has 0 bridgehead atoms. The molecule has 3 aromatic rings. The van der Waals surface area contributed by atoms with Gasteiger partial charge in [-0.3, -0.25) is 4.90 Å². The second-order valence-corrected chi connectivity index (χ2v) is 6.72. The number of oxazole rings is 1. The van der Waals surface area contributed by atoms with E-state index in [9.17, 15) is 9.50 Å². The number of rotatable bonds is 4. The largest absolute Gasteiger partial charge is 0.502 e. The van der Waals surface area contributed by atoms with Crippen LogP contribution in [0, 0.1) is 5.82 Å². The molecule has 2 aromatic carbocycles. The Labute approximate surface area is 151 Å². The van der Waals surface area contributed by atoms with Crippen molar-refractivity contribution in [2.45, 2.75) is 25.3 Å². The highest BCUT2D eigenvalue weighted by Gasteiger charge is 2.26. The molecule has 0 aliphatic carbocycles. The Bertz CT molecular complexity index is 892. The van der Waals surface area contributed by atoms with Crippen molar-refractivity contribution in [1.29, 1.82) is 0 Å². The molecule has 0 radical (unpaired) electrons. The number of halogens is 1. The molecule has 4 rings (SSSR count). The topological polar surface area (TPSA) is 58.7 Å². The molecule has 2 heterocycles. The summed E-state index contributed by atoms with van der Waals surface area (Å²) in [5.74, 6) is 0.0454. The van der Waals surface area contributed by atoms with Gasteiger partial charge in [0.05, 0.1) is 7.11 Å². The molecule has 0 spiro atoms. The predicted molar refractivity (Wildman–Crippen MR) is 95.9 cm³/mol. The lowest BCUT2D eigenvalue weighted by molar-refractivity contribution is 0.187. The number of hydrogen-bond acceptors (Lipinski definition) is 5.